The van der Waals surface area contributed by atoms with E-state index in [1.54, 1.807) is 0 Å². The van der Waals surface area contributed by atoms with E-state index in [-0.39, 0.29) is 13.1 Å². The van der Waals surface area contributed by atoms with Crippen molar-refractivity contribution in [1.29, 1.82) is 0 Å². The fourth-order valence-corrected chi connectivity index (χ4v) is 2.26. The summed E-state index contributed by atoms with van der Waals surface area (Å²) in [5, 5.41) is 21.0. The molecule has 3 N–H and O–H groups in total. The van der Waals surface area contributed by atoms with Crippen LogP contribution in [0.4, 0.5) is 0 Å². The number of hydrogen-bond acceptors (Lipinski definition) is 6. The molecule has 8 heteroatoms. The lowest BCUT2D eigenvalue weighted by atomic mass is 10.3. The molecule has 0 amide bonds. The Labute approximate surface area is 125 Å². The Balaban J connectivity index is 2.49. The maximum Gasteiger partial charge on any atom is 0.317 e. The second kappa shape index (κ2) is 9.67. The molecule has 1 aliphatic rings. The maximum absolute atomic E-state index is 10.8. The molecule has 122 valence electrons. The van der Waals surface area contributed by atoms with Gasteiger partial charge in [-0.3, -0.25) is 19.4 Å². The number of carbonyl (C=O) groups is 2. The minimum Gasteiger partial charge on any atom is -0.480 e. The number of aliphatic carboxylic acids is 2. The summed E-state index contributed by atoms with van der Waals surface area (Å²) in [4.78, 5) is 27.6. The van der Waals surface area contributed by atoms with Crippen LogP contribution in [-0.4, -0.2) is 109 Å². The lowest BCUT2D eigenvalue weighted by Gasteiger charge is -2.28. The van der Waals surface area contributed by atoms with Gasteiger partial charge in [0, 0.05) is 52.4 Å². The van der Waals surface area contributed by atoms with Crippen LogP contribution in [0.15, 0.2) is 0 Å². The van der Waals surface area contributed by atoms with Gasteiger partial charge in [-0.25, -0.2) is 0 Å². The van der Waals surface area contributed by atoms with E-state index in [0.29, 0.717) is 39.3 Å². The zero-order valence-electron chi connectivity index (χ0n) is 12.6. The predicted molar refractivity (Wildman–Crippen MR) is 78.5 cm³/mol. The highest BCUT2D eigenvalue weighted by Crippen LogP contribution is 1.95. The SMILES string of the molecule is CN1CCN(CC(=O)O)CCNCCN(CC(=O)O)CC1. The van der Waals surface area contributed by atoms with Crippen molar-refractivity contribution in [3.63, 3.8) is 0 Å². The van der Waals surface area contributed by atoms with Crippen LogP contribution in [0.1, 0.15) is 0 Å². The van der Waals surface area contributed by atoms with Gasteiger partial charge in [-0.1, -0.05) is 0 Å². The third kappa shape index (κ3) is 8.61. The first-order chi connectivity index (χ1) is 9.97. The molecular formula is C13H26N4O4. The Morgan fingerprint density at radius 1 is 0.857 bits per heavy atom. The molecule has 1 aliphatic heterocycles. The number of carboxylic acid groups (broad SMARTS) is 2. The fourth-order valence-electron chi connectivity index (χ4n) is 2.26. The van der Waals surface area contributed by atoms with Gasteiger partial charge in [0.15, 0.2) is 0 Å². The van der Waals surface area contributed by atoms with Crippen molar-refractivity contribution < 1.29 is 19.8 Å². The van der Waals surface area contributed by atoms with Gasteiger partial charge in [0.05, 0.1) is 13.1 Å². The number of carboxylic acids is 2. The highest BCUT2D eigenvalue weighted by molar-refractivity contribution is 5.69. The highest BCUT2D eigenvalue weighted by Gasteiger charge is 2.14. The van der Waals surface area contributed by atoms with E-state index in [2.05, 4.69) is 10.2 Å². The molecule has 21 heavy (non-hydrogen) atoms. The van der Waals surface area contributed by atoms with Crippen molar-refractivity contribution in [2.45, 2.75) is 0 Å². The molecule has 0 spiro atoms. The minimum atomic E-state index is -0.808. The molecule has 0 aliphatic carbocycles. The summed E-state index contributed by atoms with van der Waals surface area (Å²) in [7, 11) is 1.97. The van der Waals surface area contributed by atoms with Gasteiger partial charge >= 0.3 is 11.9 Å². The average molecular weight is 302 g/mol. The second-order valence-electron chi connectivity index (χ2n) is 5.39. The summed E-state index contributed by atoms with van der Waals surface area (Å²) in [6.45, 7) is 5.82. The summed E-state index contributed by atoms with van der Waals surface area (Å²) in [5.74, 6) is -1.62. The van der Waals surface area contributed by atoms with Crippen molar-refractivity contribution in [3.05, 3.63) is 0 Å². The number of nitrogens with zero attached hydrogens (tertiary/aromatic N) is 3. The zero-order valence-corrected chi connectivity index (χ0v) is 12.6. The van der Waals surface area contributed by atoms with Gasteiger partial charge in [-0.2, -0.15) is 0 Å². The summed E-state index contributed by atoms with van der Waals surface area (Å²) >= 11 is 0. The highest BCUT2D eigenvalue weighted by atomic mass is 16.4. The molecule has 0 radical (unpaired) electrons. The Morgan fingerprint density at radius 2 is 1.29 bits per heavy atom. The summed E-state index contributed by atoms with van der Waals surface area (Å²) in [6, 6.07) is 0. The largest absolute Gasteiger partial charge is 0.480 e. The first kappa shape index (κ1) is 17.8. The Morgan fingerprint density at radius 3 is 1.67 bits per heavy atom. The van der Waals surface area contributed by atoms with E-state index in [1.807, 2.05) is 16.8 Å². The molecule has 0 aromatic rings. The monoisotopic (exact) mass is 302 g/mol. The van der Waals surface area contributed by atoms with Crippen molar-refractivity contribution in [2.75, 3.05) is 72.5 Å². The second-order valence-corrected chi connectivity index (χ2v) is 5.39. The van der Waals surface area contributed by atoms with Gasteiger partial charge in [0.1, 0.15) is 0 Å². The molecule has 0 aromatic carbocycles. The molecule has 0 saturated carbocycles. The van der Waals surface area contributed by atoms with Crippen LogP contribution in [-0.2, 0) is 9.59 Å². The van der Waals surface area contributed by atoms with Crippen LogP contribution in [0.2, 0.25) is 0 Å². The zero-order chi connectivity index (χ0) is 15.7. The number of likely N-dealkylation sites (N-methyl/N-ethyl adjacent to an activating group) is 1. The molecule has 1 fully saturated rings. The first-order valence-electron chi connectivity index (χ1n) is 7.25. The van der Waals surface area contributed by atoms with Crippen molar-refractivity contribution in [2.24, 2.45) is 0 Å². The van der Waals surface area contributed by atoms with Crippen LogP contribution in [0.25, 0.3) is 0 Å². The standard InChI is InChI=1S/C13H26N4O4/c1-15-6-8-16(10-12(18)19)4-2-14-3-5-17(9-7-15)11-13(20)21/h14H,2-11H2,1H3,(H,18,19)(H,20,21). The topological polar surface area (TPSA) is 96.4 Å². The first-order valence-corrected chi connectivity index (χ1v) is 7.25. The van der Waals surface area contributed by atoms with Gasteiger partial charge in [0.2, 0.25) is 0 Å². The van der Waals surface area contributed by atoms with E-state index in [4.69, 9.17) is 10.2 Å². The smallest absolute Gasteiger partial charge is 0.317 e. The van der Waals surface area contributed by atoms with Crippen LogP contribution in [0.3, 0.4) is 0 Å². The van der Waals surface area contributed by atoms with Gasteiger partial charge in [0.25, 0.3) is 0 Å². The normalized spacial score (nSPS) is 21.4. The summed E-state index contributed by atoms with van der Waals surface area (Å²) < 4.78 is 0. The van der Waals surface area contributed by atoms with E-state index >= 15 is 0 Å². The molecule has 0 atom stereocenters. The third-order valence-electron chi connectivity index (χ3n) is 3.52. The van der Waals surface area contributed by atoms with Crippen LogP contribution < -0.4 is 5.32 Å². The maximum atomic E-state index is 10.8. The lowest BCUT2D eigenvalue weighted by Crippen LogP contribution is -2.45. The van der Waals surface area contributed by atoms with Crippen LogP contribution in [0.5, 0.6) is 0 Å². The fraction of sp³-hybridized carbons (Fsp3) is 0.846. The average Bonchev–Trinajstić information content (AvgIpc) is 2.38. The molecular weight excluding hydrogens is 276 g/mol. The minimum absolute atomic E-state index is 0.0562. The van der Waals surface area contributed by atoms with E-state index in [9.17, 15) is 9.59 Å². The van der Waals surface area contributed by atoms with E-state index in [0.717, 1.165) is 13.1 Å². The van der Waals surface area contributed by atoms with E-state index < -0.39 is 11.9 Å². The van der Waals surface area contributed by atoms with Gasteiger partial charge < -0.3 is 20.4 Å². The number of hydrogen-bond donors (Lipinski definition) is 3. The summed E-state index contributed by atoms with van der Waals surface area (Å²) in [5.41, 5.74) is 0. The molecule has 1 heterocycles. The molecule has 0 bridgehead atoms. The number of nitrogens with one attached hydrogen (secondary N) is 1. The van der Waals surface area contributed by atoms with E-state index in [1.165, 1.54) is 0 Å². The quantitative estimate of drug-likeness (QED) is 0.565. The van der Waals surface area contributed by atoms with Crippen molar-refractivity contribution in [3.8, 4) is 0 Å². The van der Waals surface area contributed by atoms with Gasteiger partial charge in [-0.15, -0.1) is 0 Å². The lowest BCUT2D eigenvalue weighted by molar-refractivity contribution is -0.139. The molecule has 1 saturated heterocycles. The number of rotatable bonds is 4. The van der Waals surface area contributed by atoms with Gasteiger partial charge in [-0.05, 0) is 7.05 Å². The van der Waals surface area contributed by atoms with Crippen LogP contribution >= 0.6 is 0 Å². The summed E-state index contributed by atoms with van der Waals surface area (Å²) in [6.07, 6.45) is 0. The molecule has 0 unspecified atom stereocenters. The predicted octanol–water partition coefficient (Wildman–Crippen LogP) is -1.71. The molecule has 8 nitrogen and oxygen atoms in total. The Hall–Kier alpha value is -1.22. The molecule has 1 rings (SSSR count). The van der Waals surface area contributed by atoms with Crippen molar-refractivity contribution in [1.82, 2.24) is 20.0 Å². The van der Waals surface area contributed by atoms with Crippen molar-refractivity contribution >= 4 is 11.9 Å². The molecule has 0 aromatic heterocycles. The van der Waals surface area contributed by atoms with Crippen LogP contribution in [0, 0.1) is 0 Å². The third-order valence-corrected chi connectivity index (χ3v) is 3.52. The Kier molecular flexibility index (Phi) is 8.21. The Bertz CT molecular complexity index is 310.